The number of aromatic nitrogens is 2. The lowest BCUT2D eigenvalue weighted by molar-refractivity contribution is -0.122. The number of hydrogen-bond acceptors (Lipinski definition) is 4. The fourth-order valence-corrected chi connectivity index (χ4v) is 4.34. The molecule has 0 bridgehead atoms. The Morgan fingerprint density at radius 3 is 2.18 bits per heavy atom. The van der Waals surface area contributed by atoms with Gasteiger partial charge in [-0.05, 0) is 81.6 Å². The zero-order valence-electron chi connectivity index (χ0n) is 20.1. The predicted molar refractivity (Wildman–Crippen MR) is 133 cm³/mol. The van der Waals surface area contributed by atoms with Gasteiger partial charge in [-0.1, -0.05) is 0 Å². The van der Waals surface area contributed by atoms with E-state index in [0.29, 0.717) is 17.7 Å². The molecule has 2 aromatic carbocycles. The van der Waals surface area contributed by atoms with Crippen LogP contribution >= 0.6 is 0 Å². The highest BCUT2D eigenvalue weighted by atomic mass is 16.2. The van der Waals surface area contributed by atoms with Crippen molar-refractivity contribution in [3.63, 3.8) is 0 Å². The van der Waals surface area contributed by atoms with Crippen LogP contribution in [0, 0.1) is 13.8 Å². The topological polar surface area (TPSA) is 104 Å². The second-order valence-electron chi connectivity index (χ2n) is 8.18. The normalized spacial score (nSPS) is 11.1. The largest absolute Gasteiger partial charge is 0.372 e. The number of carbonyl (C=O) groups is 2. The molecule has 0 aliphatic rings. The Labute approximate surface area is 194 Å². The van der Waals surface area contributed by atoms with Gasteiger partial charge in [-0.15, -0.1) is 0 Å². The lowest BCUT2D eigenvalue weighted by Crippen LogP contribution is -2.39. The summed E-state index contributed by atoms with van der Waals surface area (Å²) in [4.78, 5) is 44.2. The van der Waals surface area contributed by atoms with Crippen LogP contribution in [0.1, 0.15) is 37.5 Å². The summed E-state index contributed by atoms with van der Waals surface area (Å²) in [7, 11) is 0. The van der Waals surface area contributed by atoms with Crippen LogP contribution in [0.5, 0.6) is 0 Å². The van der Waals surface area contributed by atoms with E-state index in [-0.39, 0.29) is 24.6 Å². The van der Waals surface area contributed by atoms with Gasteiger partial charge in [0.1, 0.15) is 6.54 Å². The highest BCUT2D eigenvalue weighted by Crippen LogP contribution is 2.27. The third-order valence-electron chi connectivity index (χ3n) is 6.25. The van der Waals surface area contributed by atoms with E-state index in [2.05, 4.69) is 23.7 Å². The van der Waals surface area contributed by atoms with Crippen molar-refractivity contribution in [2.45, 2.75) is 47.6 Å². The number of aryl methyl sites for hydroxylation is 2. The Hall–Kier alpha value is -3.55. The van der Waals surface area contributed by atoms with Crippen molar-refractivity contribution in [1.29, 1.82) is 0 Å². The third kappa shape index (κ3) is 4.79. The van der Waals surface area contributed by atoms with Gasteiger partial charge >= 0.3 is 5.69 Å². The van der Waals surface area contributed by atoms with E-state index < -0.39 is 5.91 Å². The second-order valence-corrected chi connectivity index (χ2v) is 8.18. The van der Waals surface area contributed by atoms with E-state index in [9.17, 15) is 14.4 Å². The van der Waals surface area contributed by atoms with E-state index in [4.69, 9.17) is 5.73 Å². The first-order valence-electron chi connectivity index (χ1n) is 11.4. The van der Waals surface area contributed by atoms with Crippen LogP contribution in [0.2, 0.25) is 0 Å². The standard InChI is InChI=1S/C25H33N5O3/c1-6-28(7-2)18-9-11-19(12-10-18)30(15-22(26)31)23(32)14-20-17(5)16(4)13-21-24(20)29(8-3)25(33)27-21/h9-13H,6-8,14-15H2,1-5H3,(H2,26,31)(H,27,33). The van der Waals surface area contributed by atoms with Crippen molar-refractivity contribution in [2.24, 2.45) is 5.73 Å². The zero-order chi connectivity index (χ0) is 24.3. The average molecular weight is 452 g/mol. The number of hydrogen-bond donors (Lipinski definition) is 2. The molecule has 8 heteroatoms. The number of imidazole rings is 1. The number of nitrogens with zero attached hydrogens (tertiary/aromatic N) is 3. The van der Waals surface area contributed by atoms with Crippen molar-refractivity contribution >= 4 is 34.2 Å². The number of carbonyl (C=O) groups excluding carboxylic acids is 2. The maximum absolute atomic E-state index is 13.5. The quantitative estimate of drug-likeness (QED) is 0.522. The van der Waals surface area contributed by atoms with Crippen LogP contribution in [0.4, 0.5) is 11.4 Å². The number of aromatic amines is 1. The molecule has 3 N–H and O–H groups in total. The molecule has 2 amide bonds. The summed E-state index contributed by atoms with van der Waals surface area (Å²) in [5.74, 6) is -0.843. The maximum Gasteiger partial charge on any atom is 0.326 e. The summed E-state index contributed by atoms with van der Waals surface area (Å²) in [6.45, 7) is 12.0. The lowest BCUT2D eigenvalue weighted by Gasteiger charge is -2.25. The number of nitrogens with one attached hydrogen (secondary N) is 1. The molecule has 0 aliphatic carbocycles. The molecule has 1 aromatic heterocycles. The molecule has 3 rings (SSSR count). The molecule has 0 saturated carbocycles. The fourth-order valence-electron chi connectivity index (χ4n) is 4.34. The Bertz CT molecular complexity index is 1220. The number of benzene rings is 2. The number of H-pyrrole nitrogens is 1. The van der Waals surface area contributed by atoms with E-state index in [1.54, 1.807) is 4.57 Å². The van der Waals surface area contributed by atoms with Gasteiger partial charge in [0.15, 0.2) is 0 Å². The number of nitrogens with two attached hydrogens (primary N) is 1. The minimum atomic E-state index is -0.589. The smallest absolute Gasteiger partial charge is 0.326 e. The summed E-state index contributed by atoms with van der Waals surface area (Å²) in [6, 6.07) is 9.50. The van der Waals surface area contributed by atoms with Crippen LogP contribution in [-0.4, -0.2) is 41.0 Å². The van der Waals surface area contributed by atoms with Gasteiger partial charge in [-0.25, -0.2) is 4.79 Å². The second kappa shape index (κ2) is 9.94. The van der Waals surface area contributed by atoms with Crippen LogP contribution in [0.3, 0.4) is 0 Å². The number of anilines is 2. The number of rotatable bonds is 9. The Morgan fingerprint density at radius 1 is 1.03 bits per heavy atom. The molecule has 0 unspecified atom stereocenters. The SMILES string of the molecule is CCN(CC)c1ccc(N(CC(N)=O)C(=O)Cc2c(C)c(C)cc3[nH]c(=O)n(CC)c23)cc1. The van der Waals surface area contributed by atoms with Gasteiger partial charge in [-0.3, -0.25) is 14.2 Å². The molecule has 0 saturated heterocycles. The van der Waals surface area contributed by atoms with Gasteiger partial charge in [0.2, 0.25) is 11.8 Å². The fraction of sp³-hybridized carbons (Fsp3) is 0.400. The van der Waals surface area contributed by atoms with Gasteiger partial charge < -0.3 is 20.5 Å². The molecule has 0 aliphatic heterocycles. The minimum Gasteiger partial charge on any atom is -0.372 e. The lowest BCUT2D eigenvalue weighted by atomic mass is 9.98. The molecule has 0 atom stereocenters. The first-order valence-corrected chi connectivity index (χ1v) is 11.4. The molecule has 0 spiro atoms. The Balaban J connectivity index is 2.03. The van der Waals surface area contributed by atoms with E-state index >= 15 is 0 Å². The molecule has 33 heavy (non-hydrogen) atoms. The van der Waals surface area contributed by atoms with Crippen molar-refractivity contribution < 1.29 is 9.59 Å². The van der Waals surface area contributed by atoms with Gasteiger partial charge in [0.05, 0.1) is 17.5 Å². The van der Waals surface area contributed by atoms with Crippen molar-refractivity contribution in [3.8, 4) is 0 Å². The summed E-state index contributed by atoms with van der Waals surface area (Å²) in [6.07, 6.45) is 0.0480. The summed E-state index contributed by atoms with van der Waals surface area (Å²) < 4.78 is 1.64. The van der Waals surface area contributed by atoms with E-state index in [1.807, 2.05) is 51.1 Å². The van der Waals surface area contributed by atoms with Crippen LogP contribution in [-0.2, 0) is 22.6 Å². The molecule has 176 valence electrons. The zero-order valence-corrected chi connectivity index (χ0v) is 20.1. The summed E-state index contributed by atoms with van der Waals surface area (Å²) >= 11 is 0. The van der Waals surface area contributed by atoms with Crippen molar-refractivity contribution in [1.82, 2.24) is 9.55 Å². The van der Waals surface area contributed by atoms with Crippen LogP contribution in [0.15, 0.2) is 35.1 Å². The highest BCUT2D eigenvalue weighted by Gasteiger charge is 2.23. The molecule has 0 fully saturated rings. The number of amides is 2. The molecular formula is C25H33N5O3. The van der Waals surface area contributed by atoms with Crippen LogP contribution in [0.25, 0.3) is 11.0 Å². The molecule has 0 radical (unpaired) electrons. The molecular weight excluding hydrogens is 418 g/mol. The maximum atomic E-state index is 13.5. The van der Waals surface area contributed by atoms with Crippen molar-refractivity contribution in [2.75, 3.05) is 29.4 Å². The Morgan fingerprint density at radius 2 is 1.64 bits per heavy atom. The van der Waals surface area contributed by atoms with Crippen LogP contribution < -0.4 is 21.2 Å². The number of primary amides is 1. The van der Waals surface area contributed by atoms with E-state index in [0.717, 1.165) is 41.0 Å². The first kappa shape index (κ1) is 24.1. The van der Waals surface area contributed by atoms with Gasteiger partial charge in [0.25, 0.3) is 0 Å². The molecule has 8 nitrogen and oxygen atoms in total. The van der Waals surface area contributed by atoms with Gasteiger partial charge in [-0.2, -0.15) is 0 Å². The first-order chi connectivity index (χ1) is 15.7. The van der Waals surface area contributed by atoms with Gasteiger partial charge in [0, 0.05) is 31.0 Å². The average Bonchev–Trinajstić information content (AvgIpc) is 3.10. The highest BCUT2D eigenvalue weighted by molar-refractivity contribution is 6.01. The molecule has 3 aromatic rings. The summed E-state index contributed by atoms with van der Waals surface area (Å²) in [5, 5.41) is 0. The predicted octanol–water partition coefficient (Wildman–Crippen LogP) is 2.87. The van der Waals surface area contributed by atoms with E-state index in [1.165, 1.54) is 4.90 Å². The monoisotopic (exact) mass is 451 g/mol. The minimum absolute atomic E-state index is 0.0480. The molecule has 1 heterocycles. The van der Waals surface area contributed by atoms with Crippen molar-refractivity contribution in [3.05, 3.63) is 57.5 Å². The summed E-state index contributed by atoms with van der Waals surface area (Å²) in [5.41, 5.74) is 11.1. The number of fused-ring (bicyclic) bond motifs is 1. The Kier molecular flexibility index (Phi) is 7.26. The third-order valence-corrected chi connectivity index (χ3v) is 6.25.